The predicted molar refractivity (Wildman–Crippen MR) is 197 cm³/mol. The van der Waals surface area contributed by atoms with Crippen molar-refractivity contribution >= 4 is 10.8 Å². The molecule has 228 valence electrons. The summed E-state index contributed by atoms with van der Waals surface area (Å²) in [4.78, 5) is 0. The Morgan fingerprint density at radius 2 is 0.463 bits per heavy atom. The van der Waals surface area contributed by atoms with Gasteiger partial charge in [-0.3, -0.25) is 0 Å². The highest BCUT2D eigenvalue weighted by atomic mass is 14.0. The van der Waals surface area contributed by atoms with Crippen LogP contribution in [0, 0.1) is 6.92 Å². The van der Waals surface area contributed by atoms with E-state index < -0.39 is 0 Å². The van der Waals surface area contributed by atoms with Gasteiger partial charge in [0.25, 0.3) is 0 Å². The Bertz CT molecular complexity index is 979. The maximum atomic E-state index is 2.12. The fraction of sp³-hybridized carbons (Fsp3) is 0.317. The number of hydrogen-bond acceptors (Lipinski definition) is 0. The topological polar surface area (TPSA) is 0 Å². The maximum Gasteiger partial charge on any atom is -0.0184 e. The van der Waals surface area contributed by atoms with Crippen LogP contribution >= 0.6 is 0 Å². The average molecular weight is 557 g/mol. The molecule has 0 atom stereocenters. The first-order chi connectivity index (χ1) is 19.3. The molecule has 5 aromatic rings. The van der Waals surface area contributed by atoms with Gasteiger partial charge >= 0.3 is 0 Å². The average Bonchev–Trinajstić information content (AvgIpc) is 3.08. The Morgan fingerprint density at radius 3 is 0.659 bits per heavy atom. The lowest BCUT2D eigenvalue weighted by atomic mass is 10.1. The third kappa shape index (κ3) is 23.9. The zero-order chi connectivity index (χ0) is 30.2. The molecule has 0 aliphatic heterocycles. The van der Waals surface area contributed by atoms with Crippen molar-refractivity contribution in [1.82, 2.24) is 0 Å². The molecule has 0 fully saturated rings. The van der Waals surface area contributed by atoms with Crippen molar-refractivity contribution in [1.29, 1.82) is 0 Å². The standard InChI is InChI=1S/C12H10.C10H8.C7H8.5C2H6.2CH4/c1-3-7-11(8-4-1)12-9-5-2-6-10-12;1-2-6-10-8-4-3-7-9(10)5-1;1-7-5-3-2-4-6-7;5*1-2;;/h1-10H;1-8H;2-6H,1H3;5*1-2H3;2*1H4. The van der Waals surface area contributed by atoms with Gasteiger partial charge in [-0.05, 0) is 28.8 Å². The Hall–Kier alpha value is -3.64. The number of rotatable bonds is 1. The Labute approximate surface area is 257 Å². The Kier molecular flexibility index (Phi) is 44.3. The van der Waals surface area contributed by atoms with Crippen molar-refractivity contribution in [3.63, 3.8) is 0 Å². The first-order valence-corrected chi connectivity index (χ1v) is 14.9. The molecule has 5 aromatic carbocycles. The van der Waals surface area contributed by atoms with Crippen molar-refractivity contribution in [2.45, 2.75) is 91.0 Å². The van der Waals surface area contributed by atoms with E-state index in [1.807, 2.05) is 99.6 Å². The number of fused-ring (bicyclic) bond motifs is 1. The van der Waals surface area contributed by atoms with E-state index in [1.54, 1.807) is 0 Å². The summed E-state index contributed by atoms with van der Waals surface area (Å²) >= 11 is 0. The minimum absolute atomic E-state index is 0. The molecule has 0 unspecified atom stereocenters. The third-order valence-electron chi connectivity index (χ3n) is 4.48. The number of aryl methyl sites for hydroxylation is 1. The van der Waals surface area contributed by atoms with Gasteiger partial charge < -0.3 is 0 Å². The maximum absolute atomic E-state index is 2.12. The normalized spacial score (nSPS) is 7.49. The van der Waals surface area contributed by atoms with Crippen molar-refractivity contribution in [3.05, 3.63) is 145 Å². The van der Waals surface area contributed by atoms with Crippen LogP contribution in [0.2, 0.25) is 0 Å². The van der Waals surface area contributed by atoms with Crippen LogP contribution in [0.25, 0.3) is 21.9 Å². The highest BCUT2D eigenvalue weighted by Gasteiger charge is 1.91. The van der Waals surface area contributed by atoms with E-state index in [0.717, 1.165) is 0 Å². The Morgan fingerprint density at radius 1 is 0.268 bits per heavy atom. The van der Waals surface area contributed by atoms with E-state index in [2.05, 4.69) is 116 Å². The van der Waals surface area contributed by atoms with Gasteiger partial charge in [0.2, 0.25) is 0 Å². The molecule has 0 saturated heterocycles. The first kappa shape index (κ1) is 47.2. The van der Waals surface area contributed by atoms with Gasteiger partial charge in [-0.1, -0.05) is 229 Å². The summed E-state index contributed by atoms with van der Waals surface area (Å²) in [7, 11) is 0. The third-order valence-corrected chi connectivity index (χ3v) is 4.48. The molecule has 41 heavy (non-hydrogen) atoms. The number of hydrogen-bond donors (Lipinski definition) is 0. The van der Waals surface area contributed by atoms with Crippen molar-refractivity contribution in [2.24, 2.45) is 0 Å². The molecule has 0 heterocycles. The molecular weight excluding hydrogens is 492 g/mol. The molecule has 5 rings (SSSR count). The van der Waals surface area contributed by atoms with Gasteiger partial charge in [0.05, 0.1) is 0 Å². The minimum Gasteiger partial charge on any atom is -0.0776 e. The van der Waals surface area contributed by atoms with Gasteiger partial charge in [-0.25, -0.2) is 0 Å². The van der Waals surface area contributed by atoms with Crippen LogP contribution in [-0.2, 0) is 0 Å². The van der Waals surface area contributed by atoms with Crippen LogP contribution in [0.5, 0.6) is 0 Å². The molecule has 0 N–H and O–H groups in total. The molecule has 0 saturated carbocycles. The van der Waals surface area contributed by atoms with Gasteiger partial charge in [0.15, 0.2) is 0 Å². The van der Waals surface area contributed by atoms with Crippen LogP contribution < -0.4 is 0 Å². The van der Waals surface area contributed by atoms with E-state index in [-0.39, 0.29) is 14.9 Å². The molecule has 0 bridgehead atoms. The van der Waals surface area contributed by atoms with Crippen LogP contribution in [0.4, 0.5) is 0 Å². The second kappa shape index (κ2) is 38.5. The molecule has 0 aromatic heterocycles. The van der Waals surface area contributed by atoms with Crippen LogP contribution in [-0.4, -0.2) is 0 Å². The lowest BCUT2D eigenvalue weighted by molar-refractivity contribution is 1.48. The van der Waals surface area contributed by atoms with Gasteiger partial charge in [0.1, 0.15) is 0 Å². The smallest absolute Gasteiger partial charge is 0.0184 e. The summed E-state index contributed by atoms with van der Waals surface area (Å²) in [5.41, 5.74) is 3.87. The molecular formula is C41H64. The van der Waals surface area contributed by atoms with Gasteiger partial charge in [0, 0.05) is 0 Å². The van der Waals surface area contributed by atoms with E-state index in [0.29, 0.717) is 0 Å². The fourth-order valence-electron chi connectivity index (χ4n) is 2.93. The fourth-order valence-corrected chi connectivity index (χ4v) is 2.93. The second-order valence-corrected chi connectivity index (χ2v) is 6.73. The quantitative estimate of drug-likeness (QED) is 0.193. The summed E-state index contributed by atoms with van der Waals surface area (Å²) < 4.78 is 0. The van der Waals surface area contributed by atoms with Crippen molar-refractivity contribution < 1.29 is 0 Å². The van der Waals surface area contributed by atoms with Gasteiger partial charge in [-0.15, -0.1) is 0 Å². The molecule has 0 amide bonds. The van der Waals surface area contributed by atoms with Crippen LogP contribution in [0.3, 0.4) is 0 Å². The summed E-state index contributed by atoms with van der Waals surface area (Å²) in [6, 6.07) is 47.8. The molecule has 0 aliphatic carbocycles. The highest BCUT2D eigenvalue weighted by Crippen LogP contribution is 2.17. The first-order valence-electron chi connectivity index (χ1n) is 14.9. The molecule has 0 radical (unpaired) electrons. The molecule has 0 aliphatic rings. The van der Waals surface area contributed by atoms with E-state index in [4.69, 9.17) is 0 Å². The summed E-state index contributed by atoms with van der Waals surface area (Å²) in [5.74, 6) is 0. The van der Waals surface area contributed by atoms with Gasteiger partial charge in [-0.2, -0.15) is 0 Å². The SMILES string of the molecule is C.C.CC.CC.CC.CC.CC.Cc1ccccc1.c1ccc(-c2ccccc2)cc1.c1ccc2ccccc2c1. The summed E-state index contributed by atoms with van der Waals surface area (Å²) in [6.07, 6.45) is 0. The van der Waals surface area contributed by atoms with Crippen LogP contribution in [0.1, 0.15) is 89.7 Å². The van der Waals surface area contributed by atoms with Crippen LogP contribution in [0.15, 0.2) is 140 Å². The van der Waals surface area contributed by atoms with E-state index in [9.17, 15) is 0 Å². The van der Waals surface area contributed by atoms with E-state index in [1.165, 1.54) is 27.5 Å². The molecule has 0 spiro atoms. The monoisotopic (exact) mass is 557 g/mol. The highest BCUT2D eigenvalue weighted by molar-refractivity contribution is 5.82. The molecule has 0 nitrogen and oxygen atoms in total. The predicted octanol–water partition coefficient (Wildman–Crippen LogP) is 14.6. The lowest BCUT2D eigenvalue weighted by Crippen LogP contribution is -1.73. The lowest BCUT2D eigenvalue weighted by Gasteiger charge is -1.98. The zero-order valence-corrected chi connectivity index (χ0v) is 26.8. The van der Waals surface area contributed by atoms with Crippen molar-refractivity contribution in [3.8, 4) is 11.1 Å². The largest absolute Gasteiger partial charge is 0.0776 e. The van der Waals surface area contributed by atoms with E-state index >= 15 is 0 Å². The van der Waals surface area contributed by atoms with Crippen molar-refractivity contribution in [2.75, 3.05) is 0 Å². The molecule has 0 heteroatoms. The second-order valence-electron chi connectivity index (χ2n) is 6.73. The Balaban J connectivity index is -0.000000136. The summed E-state index contributed by atoms with van der Waals surface area (Å²) in [6.45, 7) is 22.1. The summed E-state index contributed by atoms with van der Waals surface area (Å²) in [5, 5.41) is 2.62. The number of benzene rings is 5. The zero-order valence-electron chi connectivity index (χ0n) is 26.8. The minimum atomic E-state index is 0.